The summed E-state index contributed by atoms with van der Waals surface area (Å²) >= 11 is 1.16. The molecule has 14 heavy (non-hydrogen) atoms. The summed E-state index contributed by atoms with van der Waals surface area (Å²) in [6, 6.07) is 5.17. The highest BCUT2D eigenvalue weighted by molar-refractivity contribution is 7.12. The lowest BCUT2D eigenvalue weighted by Gasteiger charge is -2.07. The van der Waals surface area contributed by atoms with Gasteiger partial charge in [-0.05, 0) is 17.5 Å². The standard InChI is InChI=1S/C8H4F3N2S/c9-8(10,11)6-3-4-12-13(6)7-2-1-5-14-7/h1,3-5H. The van der Waals surface area contributed by atoms with E-state index in [9.17, 15) is 13.2 Å². The summed E-state index contributed by atoms with van der Waals surface area (Å²) < 4.78 is 38.0. The normalized spacial score (nSPS) is 11.9. The number of aromatic nitrogens is 2. The summed E-state index contributed by atoms with van der Waals surface area (Å²) in [4.78, 5) is 0. The predicted molar refractivity (Wildman–Crippen MR) is 45.3 cm³/mol. The molecule has 0 N–H and O–H groups in total. The average Bonchev–Trinajstić information content (AvgIpc) is 2.73. The van der Waals surface area contributed by atoms with Crippen LogP contribution in [-0.2, 0) is 6.18 Å². The molecule has 0 unspecified atom stereocenters. The van der Waals surface area contributed by atoms with Crippen molar-refractivity contribution >= 4 is 11.3 Å². The third-order valence-electron chi connectivity index (χ3n) is 1.58. The second kappa shape index (κ2) is 3.13. The van der Waals surface area contributed by atoms with Gasteiger partial charge in [-0.15, -0.1) is 11.3 Å². The molecule has 0 spiro atoms. The molecule has 2 nitrogen and oxygen atoms in total. The molecule has 6 heteroatoms. The average molecular weight is 217 g/mol. The van der Waals surface area contributed by atoms with E-state index in [-0.39, 0.29) is 0 Å². The van der Waals surface area contributed by atoms with Gasteiger partial charge in [-0.25, -0.2) is 4.68 Å². The van der Waals surface area contributed by atoms with Crippen LogP contribution in [0.5, 0.6) is 0 Å². The first kappa shape index (κ1) is 9.26. The first-order valence-electron chi connectivity index (χ1n) is 3.66. The van der Waals surface area contributed by atoms with E-state index in [1.807, 2.05) is 0 Å². The van der Waals surface area contributed by atoms with Crippen LogP contribution in [-0.4, -0.2) is 9.78 Å². The maximum absolute atomic E-state index is 12.4. The van der Waals surface area contributed by atoms with Crippen molar-refractivity contribution in [1.82, 2.24) is 9.78 Å². The second-order valence-electron chi connectivity index (χ2n) is 2.50. The van der Waals surface area contributed by atoms with Crippen molar-refractivity contribution in [3.05, 3.63) is 35.5 Å². The third kappa shape index (κ3) is 1.52. The van der Waals surface area contributed by atoms with Gasteiger partial charge < -0.3 is 0 Å². The van der Waals surface area contributed by atoms with E-state index in [0.29, 0.717) is 5.00 Å². The number of alkyl halides is 3. The monoisotopic (exact) mass is 217 g/mol. The van der Waals surface area contributed by atoms with Crippen LogP contribution in [0.1, 0.15) is 5.69 Å². The summed E-state index contributed by atoms with van der Waals surface area (Å²) in [5.41, 5.74) is -0.781. The fourth-order valence-corrected chi connectivity index (χ4v) is 1.68. The lowest BCUT2D eigenvalue weighted by molar-refractivity contribution is -0.142. The maximum atomic E-state index is 12.4. The maximum Gasteiger partial charge on any atom is 0.433 e. The van der Waals surface area contributed by atoms with Gasteiger partial charge >= 0.3 is 6.18 Å². The minimum atomic E-state index is -4.38. The number of halogens is 3. The van der Waals surface area contributed by atoms with E-state index in [1.165, 1.54) is 0 Å². The van der Waals surface area contributed by atoms with Crippen LogP contribution >= 0.6 is 11.3 Å². The van der Waals surface area contributed by atoms with Crippen molar-refractivity contribution in [2.75, 3.05) is 0 Å². The molecule has 0 saturated heterocycles. The van der Waals surface area contributed by atoms with Crippen molar-refractivity contribution in [3.63, 3.8) is 0 Å². The lowest BCUT2D eigenvalue weighted by Crippen LogP contribution is -2.12. The highest BCUT2D eigenvalue weighted by Crippen LogP contribution is 2.31. The largest absolute Gasteiger partial charge is 0.433 e. The van der Waals surface area contributed by atoms with Crippen molar-refractivity contribution in [3.8, 4) is 5.00 Å². The van der Waals surface area contributed by atoms with Crippen LogP contribution in [0.2, 0.25) is 0 Å². The van der Waals surface area contributed by atoms with Gasteiger partial charge in [-0.2, -0.15) is 18.3 Å². The smallest absolute Gasteiger partial charge is 0.218 e. The predicted octanol–water partition coefficient (Wildman–Crippen LogP) is 2.75. The Hall–Kier alpha value is -1.30. The topological polar surface area (TPSA) is 17.8 Å². The number of thiophene rings is 1. The molecular formula is C8H4F3N2S. The summed E-state index contributed by atoms with van der Waals surface area (Å²) in [5.74, 6) is 0. The number of rotatable bonds is 1. The summed E-state index contributed by atoms with van der Waals surface area (Å²) in [7, 11) is 0. The molecule has 1 radical (unpaired) electrons. The van der Waals surface area contributed by atoms with Gasteiger partial charge in [0.25, 0.3) is 0 Å². The van der Waals surface area contributed by atoms with Crippen LogP contribution in [0, 0.1) is 6.07 Å². The van der Waals surface area contributed by atoms with Crippen LogP contribution in [0.25, 0.3) is 5.00 Å². The van der Waals surface area contributed by atoms with Gasteiger partial charge in [0.2, 0.25) is 0 Å². The van der Waals surface area contributed by atoms with Crippen LogP contribution in [0.4, 0.5) is 13.2 Å². The molecule has 0 aliphatic carbocycles. The molecule has 2 aromatic rings. The van der Waals surface area contributed by atoms with E-state index in [0.717, 1.165) is 28.3 Å². The Labute approximate surface area is 81.6 Å². The highest BCUT2D eigenvalue weighted by atomic mass is 32.1. The van der Waals surface area contributed by atoms with Gasteiger partial charge in [-0.3, -0.25) is 0 Å². The SMILES string of the molecule is FC(F)(F)c1ccnn1-c1[c]ccs1. The molecular weight excluding hydrogens is 213 g/mol. The molecule has 2 aromatic heterocycles. The summed E-state index contributed by atoms with van der Waals surface area (Å²) in [5, 5.41) is 5.59. The van der Waals surface area contributed by atoms with E-state index in [1.54, 1.807) is 11.4 Å². The zero-order valence-corrected chi connectivity index (χ0v) is 7.56. The number of nitrogens with zero attached hydrogens (tertiary/aromatic N) is 2. The highest BCUT2D eigenvalue weighted by Gasteiger charge is 2.35. The summed E-state index contributed by atoms with van der Waals surface area (Å²) in [6.45, 7) is 0. The van der Waals surface area contributed by atoms with Gasteiger partial charge in [-0.1, -0.05) is 0 Å². The number of hydrogen-bond donors (Lipinski definition) is 0. The molecule has 0 aliphatic heterocycles. The van der Waals surface area contributed by atoms with Crippen LogP contribution in [0.15, 0.2) is 23.7 Å². The lowest BCUT2D eigenvalue weighted by atomic mass is 10.4. The second-order valence-corrected chi connectivity index (χ2v) is 3.39. The van der Waals surface area contributed by atoms with E-state index in [2.05, 4.69) is 11.2 Å². The first-order valence-corrected chi connectivity index (χ1v) is 4.54. The minimum absolute atomic E-state index is 0.335. The van der Waals surface area contributed by atoms with E-state index < -0.39 is 11.9 Å². The van der Waals surface area contributed by atoms with Gasteiger partial charge in [0, 0.05) is 6.07 Å². The molecule has 0 fully saturated rings. The molecule has 0 saturated carbocycles. The molecule has 0 amide bonds. The van der Waals surface area contributed by atoms with E-state index in [4.69, 9.17) is 0 Å². The third-order valence-corrected chi connectivity index (χ3v) is 2.37. The van der Waals surface area contributed by atoms with Crippen LogP contribution in [0.3, 0.4) is 0 Å². The molecule has 0 bridgehead atoms. The molecule has 2 heterocycles. The molecule has 2 rings (SSSR count). The van der Waals surface area contributed by atoms with E-state index >= 15 is 0 Å². The Morgan fingerprint density at radius 1 is 1.43 bits per heavy atom. The summed E-state index contributed by atoms with van der Waals surface area (Å²) in [6.07, 6.45) is -3.26. The Bertz CT molecular complexity index is 416. The van der Waals surface area contributed by atoms with Crippen LogP contribution < -0.4 is 0 Å². The Morgan fingerprint density at radius 2 is 2.21 bits per heavy atom. The Balaban J connectivity index is 2.51. The molecule has 73 valence electrons. The van der Waals surface area contributed by atoms with Gasteiger partial charge in [0.1, 0.15) is 10.7 Å². The Kier molecular flexibility index (Phi) is 2.07. The fraction of sp³-hybridized carbons (Fsp3) is 0.125. The quantitative estimate of drug-likeness (QED) is 0.718. The zero-order valence-electron chi connectivity index (χ0n) is 6.75. The van der Waals surface area contributed by atoms with Gasteiger partial charge in [0.05, 0.1) is 6.20 Å². The van der Waals surface area contributed by atoms with Crippen molar-refractivity contribution in [2.45, 2.75) is 6.18 Å². The Morgan fingerprint density at radius 3 is 2.79 bits per heavy atom. The molecule has 0 atom stereocenters. The zero-order chi connectivity index (χ0) is 10.2. The molecule has 0 aromatic carbocycles. The van der Waals surface area contributed by atoms with Crippen molar-refractivity contribution in [2.24, 2.45) is 0 Å². The molecule has 0 aliphatic rings. The fourth-order valence-electron chi connectivity index (χ4n) is 1.03. The van der Waals surface area contributed by atoms with Gasteiger partial charge in [0.15, 0.2) is 0 Å². The van der Waals surface area contributed by atoms with Crippen molar-refractivity contribution in [1.29, 1.82) is 0 Å². The minimum Gasteiger partial charge on any atom is -0.218 e. The first-order chi connectivity index (χ1) is 6.59. The number of hydrogen-bond acceptors (Lipinski definition) is 2. The van der Waals surface area contributed by atoms with Crippen molar-refractivity contribution < 1.29 is 13.2 Å².